The highest BCUT2D eigenvalue weighted by molar-refractivity contribution is 5.85. The van der Waals surface area contributed by atoms with Crippen molar-refractivity contribution in [2.75, 3.05) is 20.2 Å². The van der Waals surface area contributed by atoms with E-state index in [1.54, 1.807) is 31.0 Å². The number of carboxylic acid groups (broad SMARTS) is 1. The number of rotatable bonds is 8. The van der Waals surface area contributed by atoms with E-state index in [-0.39, 0.29) is 30.5 Å². The molecule has 0 saturated heterocycles. The third-order valence-electron chi connectivity index (χ3n) is 2.38. The Morgan fingerprint density at radius 3 is 2.57 bits per heavy atom. The summed E-state index contributed by atoms with van der Waals surface area (Å²) in [5.74, 6) is -0.754. The van der Waals surface area contributed by atoms with Crippen LogP contribution >= 0.6 is 12.4 Å². The molecule has 1 aromatic carbocycles. The van der Waals surface area contributed by atoms with Crippen molar-refractivity contribution in [1.29, 1.82) is 0 Å². The number of hydrogen-bond acceptors (Lipinski definition) is 4. The lowest BCUT2D eigenvalue weighted by Gasteiger charge is -2.16. The van der Waals surface area contributed by atoms with Crippen LogP contribution in [0.3, 0.4) is 0 Å². The van der Waals surface area contributed by atoms with Gasteiger partial charge in [0.25, 0.3) is 0 Å². The van der Waals surface area contributed by atoms with Gasteiger partial charge in [0.2, 0.25) is 0 Å². The van der Waals surface area contributed by atoms with Crippen molar-refractivity contribution in [3.8, 4) is 11.5 Å². The minimum Gasteiger partial charge on any atom is -0.490 e. The van der Waals surface area contributed by atoms with Gasteiger partial charge in [0.05, 0.1) is 13.2 Å². The van der Waals surface area contributed by atoms with Gasteiger partial charge in [0.1, 0.15) is 0 Å². The lowest BCUT2D eigenvalue weighted by molar-refractivity contribution is -0.138. The third-order valence-corrected chi connectivity index (χ3v) is 2.38. The van der Waals surface area contributed by atoms with E-state index in [2.05, 4.69) is 4.74 Å². The Labute approximate surface area is 127 Å². The zero-order valence-corrected chi connectivity index (χ0v) is 12.5. The van der Waals surface area contributed by atoms with E-state index in [1.165, 1.54) is 6.07 Å². The lowest BCUT2D eigenvalue weighted by atomic mass is 10.2. The highest BCUT2D eigenvalue weighted by atomic mass is 35.5. The molecule has 0 saturated carbocycles. The second-order valence-corrected chi connectivity index (χ2v) is 4.16. The molecule has 0 radical (unpaired) electrons. The molecule has 0 heterocycles. The molecule has 0 bridgehead atoms. The first-order valence-electron chi connectivity index (χ1n) is 6.03. The number of nitrogens with zero attached hydrogens (tertiary/aromatic N) is 1. The van der Waals surface area contributed by atoms with Crippen molar-refractivity contribution in [1.82, 2.24) is 4.90 Å². The maximum Gasteiger partial charge on any atom is 0.387 e. The van der Waals surface area contributed by atoms with Crippen LogP contribution in [0.1, 0.15) is 12.5 Å². The van der Waals surface area contributed by atoms with E-state index in [0.717, 1.165) is 5.56 Å². The van der Waals surface area contributed by atoms with Crippen LogP contribution < -0.4 is 9.47 Å². The van der Waals surface area contributed by atoms with Gasteiger partial charge in [0, 0.05) is 6.54 Å². The molecule has 8 heteroatoms. The maximum atomic E-state index is 12.2. The van der Waals surface area contributed by atoms with Crippen LogP contribution in [0.25, 0.3) is 0 Å². The van der Waals surface area contributed by atoms with Crippen LogP contribution in [0.4, 0.5) is 8.78 Å². The predicted octanol–water partition coefficient (Wildman–Crippen LogP) is 2.62. The standard InChI is InChI=1S/C13H17F2NO4.ClH/c1-3-19-11-6-9(7-16(2)8-12(17)18)4-5-10(11)20-13(14)15;/h4-6,13H,3,7-8H2,1-2H3,(H,17,18);1H. The van der Waals surface area contributed by atoms with Crippen molar-refractivity contribution >= 4 is 18.4 Å². The molecule has 1 rings (SSSR count). The molecule has 21 heavy (non-hydrogen) atoms. The second-order valence-electron chi connectivity index (χ2n) is 4.16. The summed E-state index contributed by atoms with van der Waals surface area (Å²) in [6, 6.07) is 4.55. The van der Waals surface area contributed by atoms with Crippen molar-refractivity contribution in [3.63, 3.8) is 0 Å². The van der Waals surface area contributed by atoms with Crippen LogP contribution in [0.2, 0.25) is 0 Å². The van der Waals surface area contributed by atoms with Gasteiger partial charge in [-0.2, -0.15) is 8.78 Å². The molecule has 0 unspecified atom stereocenters. The molecule has 0 aromatic heterocycles. The second kappa shape index (κ2) is 9.36. The number of carboxylic acids is 1. The smallest absolute Gasteiger partial charge is 0.387 e. The van der Waals surface area contributed by atoms with Gasteiger partial charge in [-0.3, -0.25) is 9.69 Å². The SMILES string of the molecule is CCOc1cc(CN(C)CC(=O)O)ccc1OC(F)F.Cl. The number of likely N-dealkylation sites (N-methyl/N-ethyl adjacent to an activating group) is 1. The summed E-state index contributed by atoms with van der Waals surface area (Å²) in [6.07, 6.45) is 0. The van der Waals surface area contributed by atoms with Crippen LogP contribution in [-0.4, -0.2) is 42.8 Å². The lowest BCUT2D eigenvalue weighted by Crippen LogP contribution is -2.25. The van der Waals surface area contributed by atoms with Gasteiger partial charge < -0.3 is 14.6 Å². The fourth-order valence-corrected chi connectivity index (χ4v) is 1.71. The van der Waals surface area contributed by atoms with Crippen LogP contribution in [-0.2, 0) is 11.3 Å². The first kappa shape index (κ1) is 19.4. The number of alkyl halides is 2. The largest absolute Gasteiger partial charge is 0.490 e. The molecule has 5 nitrogen and oxygen atoms in total. The average molecular weight is 326 g/mol. The van der Waals surface area contributed by atoms with Crippen molar-refractivity contribution in [3.05, 3.63) is 23.8 Å². The van der Waals surface area contributed by atoms with Crippen LogP contribution in [0.15, 0.2) is 18.2 Å². The molecule has 1 N–H and O–H groups in total. The molecule has 0 spiro atoms. The van der Waals surface area contributed by atoms with E-state index in [0.29, 0.717) is 13.2 Å². The Morgan fingerprint density at radius 2 is 2.05 bits per heavy atom. The third kappa shape index (κ3) is 7.10. The monoisotopic (exact) mass is 325 g/mol. The van der Waals surface area contributed by atoms with Crippen molar-refractivity contribution in [2.24, 2.45) is 0 Å². The van der Waals surface area contributed by atoms with Gasteiger partial charge in [-0.05, 0) is 31.7 Å². The van der Waals surface area contributed by atoms with Crippen molar-refractivity contribution < 1.29 is 28.2 Å². The zero-order chi connectivity index (χ0) is 15.1. The Bertz CT molecular complexity index is 460. The summed E-state index contributed by atoms with van der Waals surface area (Å²) >= 11 is 0. The number of halogens is 3. The van der Waals surface area contributed by atoms with Crippen LogP contribution in [0, 0.1) is 0 Å². The highest BCUT2D eigenvalue weighted by Gasteiger charge is 2.13. The number of carbonyl (C=O) groups is 1. The number of hydrogen-bond donors (Lipinski definition) is 1. The highest BCUT2D eigenvalue weighted by Crippen LogP contribution is 2.30. The van der Waals surface area contributed by atoms with Gasteiger partial charge in [-0.15, -0.1) is 12.4 Å². The van der Waals surface area contributed by atoms with Gasteiger partial charge in [-0.1, -0.05) is 6.07 Å². The van der Waals surface area contributed by atoms with Crippen molar-refractivity contribution in [2.45, 2.75) is 20.1 Å². The molecule has 0 fully saturated rings. The summed E-state index contributed by atoms with van der Waals surface area (Å²) in [5, 5.41) is 8.67. The Kier molecular flexibility index (Phi) is 8.64. The predicted molar refractivity (Wildman–Crippen MR) is 75.5 cm³/mol. The quantitative estimate of drug-likeness (QED) is 0.796. The molecule has 0 aliphatic heterocycles. The van der Waals surface area contributed by atoms with E-state index in [4.69, 9.17) is 9.84 Å². The Balaban J connectivity index is 0.00000400. The fraction of sp³-hybridized carbons (Fsp3) is 0.462. The zero-order valence-electron chi connectivity index (χ0n) is 11.7. The maximum absolute atomic E-state index is 12.2. The average Bonchev–Trinajstić information content (AvgIpc) is 2.31. The molecular formula is C13H18ClF2NO4. The minimum atomic E-state index is -2.92. The molecule has 0 amide bonds. The molecule has 1 aromatic rings. The first-order valence-corrected chi connectivity index (χ1v) is 6.03. The normalized spacial score (nSPS) is 10.4. The topological polar surface area (TPSA) is 59.0 Å². The number of aliphatic carboxylic acids is 1. The van der Waals surface area contributed by atoms with Gasteiger partial charge in [-0.25, -0.2) is 0 Å². The molecular weight excluding hydrogens is 308 g/mol. The summed E-state index contributed by atoms with van der Waals surface area (Å²) in [5.41, 5.74) is 0.749. The van der Waals surface area contributed by atoms with E-state index < -0.39 is 12.6 Å². The molecule has 120 valence electrons. The minimum absolute atomic E-state index is 0. The van der Waals surface area contributed by atoms with E-state index in [1.807, 2.05) is 0 Å². The van der Waals surface area contributed by atoms with E-state index >= 15 is 0 Å². The molecule has 0 aliphatic carbocycles. The van der Waals surface area contributed by atoms with Gasteiger partial charge in [0.15, 0.2) is 11.5 Å². The van der Waals surface area contributed by atoms with Crippen LogP contribution in [0.5, 0.6) is 11.5 Å². The Morgan fingerprint density at radius 1 is 1.38 bits per heavy atom. The summed E-state index contributed by atoms with van der Waals surface area (Å²) in [7, 11) is 1.65. The van der Waals surface area contributed by atoms with E-state index in [9.17, 15) is 13.6 Å². The number of ether oxygens (including phenoxy) is 2. The first-order chi connectivity index (χ1) is 9.42. The Hall–Kier alpha value is -1.60. The number of benzene rings is 1. The molecule has 0 aliphatic rings. The summed E-state index contributed by atoms with van der Waals surface area (Å²) in [6.45, 7) is -0.626. The molecule has 0 atom stereocenters. The van der Waals surface area contributed by atoms with Gasteiger partial charge >= 0.3 is 12.6 Å². The summed E-state index contributed by atoms with van der Waals surface area (Å²) < 4.78 is 34.1. The fourth-order valence-electron chi connectivity index (χ4n) is 1.71. The summed E-state index contributed by atoms with van der Waals surface area (Å²) in [4.78, 5) is 12.2.